The molecule has 5 aromatic carbocycles. The highest BCUT2D eigenvalue weighted by molar-refractivity contribution is 6.98. The van der Waals surface area contributed by atoms with Crippen molar-refractivity contribution in [3.8, 4) is 45.3 Å². The molecule has 0 fully saturated rings. The van der Waals surface area contributed by atoms with Gasteiger partial charge >= 0.3 is 0 Å². The van der Waals surface area contributed by atoms with Crippen LogP contribution in [0.3, 0.4) is 0 Å². The Hall–Kier alpha value is -4.24. The van der Waals surface area contributed by atoms with Gasteiger partial charge in [0.25, 0.3) is 6.71 Å². The molecule has 2 nitrogen and oxygen atoms in total. The van der Waals surface area contributed by atoms with E-state index in [-0.39, 0.29) is 6.71 Å². The quantitative estimate of drug-likeness (QED) is 0.270. The molecule has 0 amide bonds. The van der Waals surface area contributed by atoms with Crippen molar-refractivity contribution in [1.29, 1.82) is 0 Å². The number of rotatable bonds is 2. The molecule has 5 aromatic rings. The van der Waals surface area contributed by atoms with E-state index in [1.807, 2.05) is 0 Å². The Morgan fingerprint density at radius 2 is 0.974 bits per heavy atom. The molecule has 10 rings (SSSR count). The predicted molar refractivity (Wildman–Crippen MR) is 157 cm³/mol. The highest BCUT2D eigenvalue weighted by atomic mass is 16.5. The molecule has 0 atom stereocenters. The normalized spacial score (nSPS) is 15.9. The topological polar surface area (TPSA) is 18.5 Å². The summed E-state index contributed by atoms with van der Waals surface area (Å²) in [5, 5.41) is 0. The van der Waals surface area contributed by atoms with Gasteiger partial charge in [-0.1, -0.05) is 60.7 Å². The van der Waals surface area contributed by atoms with Gasteiger partial charge in [0.1, 0.15) is 23.0 Å². The minimum atomic E-state index is 0.116. The molecule has 0 spiro atoms. The van der Waals surface area contributed by atoms with Gasteiger partial charge in [-0.05, 0) is 123 Å². The van der Waals surface area contributed by atoms with Gasteiger partial charge in [0.15, 0.2) is 0 Å². The first-order chi connectivity index (χ1) is 19.3. The Balaban J connectivity index is 1.14. The molecule has 0 N–H and O–H groups in total. The third kappa shape index (κ3) is 2.78. The van der Waals surface area contributed by atoms with Crippen LogP contribution >= 0.6 is 0 Å². The van der Waals surface area contributed by atoms with Gasteiger partial charge in [0.2, 0.25) is 0 Å². The zero-order valence-corrected chi connectivity index (χ0v) is 21.6. The van der Waals surface area contributed by atoms with Crippen molar-refractivity contribution in [2.45, 2.75) is 38.5 Å². The summed E-state index contributed by atoms with van der Waals surface area (Å²) in [5.74, 6) is 3.96. The molecule has 0 saturated heterocycles. The van der Waals surface area contributed by atoms with Crippen LogP contribution in [0.4, 0.5) is 0 Å². The third-order valence-electron chi connectivity index (χ3n) is 9.90. The van der Waals surface area contributed by atoms with Gasteiger partial charge in [-0.3, -0.25) is 0 Å². The maximum atomic E-state index is 6.78. The average Bonchev–Trinajstić information content (AvgIpc) is 2.91. The van der Waals surface area contributed by atoms with Crippen LogP contribution < -0.4 is 25.9 Å². The lowest BCUT2D eigenvalue weighted by atomic mass is 9.34. The van der Waals surface area contributed by atoms with Crippen LogP contribution in [0.5, 0.6) is 23.0 Å². The van der Waals surface area contributed by atoms with E-state index in [1.54, 1.807) is 0 Å². The van der Waals surface area contributed by atoms with E-state index in [0.29, 0.717) is 0 Å². The van der Waals surface area contributed by atoms with E-state index in [9.17, 15) is 0 Å². The number of benzene rings is 5. The lowest BCUT2D eigenvalue weighted by Gasteiger charge is -2.37. The number of hydrogen-bond donors (Lipinski definition) is 0. The molecule has 0 saturated carbocycles. The summed E-state index contributed by atoms with van der Waals surface area (Å²) in [7, 11) is 0. The summed E-state index contributed by atoms with van der Waals surface area (Å²) in [5.41, 5.74) is 17.4. The second kappa shape index (κ2) is 7.24. The molecule has 184 valence electrons. The smallest absolute Gasteiger partial charge is 0.260 e. The fraction of sp³-hybridized carbons (Fsp3) is 0.167. The van der Waals surface area contributed by atoms with Gasteiger partial charge in [-0.25, -0.2) is 0 Å². The predicted octanol–water partition coefficient (Wildman–Crippen LogP) is 6.04. The highest BCUT2D eigenvalue weighted by Crippen LogP contribution is 2.44. The summed E-state index contributed by atoms with van der Waals surface area (Å²) in [4.78, 5) is 0. The Morgan fingerprint density at radius 3 is 1.51 bits per heavy atom. The number of fused-ring (bicyclic) bond motifs is 8. The maximum Gasteiger partial charge on any atom is 0.260 e. The average molecular weight is 500 g/mol. The van der Waals surface area contributed by atoms with Crippen molar-refractivity contribution >= 4 is 23.1 Å². The van der Waals surface area contributed by atoms with Crippen molar-refractivity contribution < 1.29 is 9.47 Å². The Kier molecular flexibility index (Phi) is 3.84. The molecule has 2 heterocycles. The lowest BCUT2D eigenvalue weighted by Crippen LogP contribution is -2.58. The monoisotopic (exact) mass is 500 g/mol. The molecule has 39 heavy (non-hydrogen) atoms. The highest BCUT2D eigenvalue weighted by Gasteiger charge is 2.43. The van der Waals surface area contributed by atoms with Gasteiger partial charge in [-0.2, -0.15) is 0 Å². The summed E-state index contributed by atoms with van der Waals surface area (Å²) < 4.78 is 13.5. The molecule has 5 aliphatic rings. The molecule has 2 aliphatic heterocycles. The lowest BCUT2D eigenvalue weighted by molar-refractivity contribution is 0.454. The summed E-state index contributed by atoms with van der Waals surface area (Å²) >= 11 is 0. The number of ether oxygens (including phenoxy) is 2. The van der Waals surface area contributed by atoms with Crippen molar-refractivity contribution in [2.24, 2.45) is 0 Å². The summed E-state index contributed by atoms with van der Waals surface area (Å²) in [6.07, 6.45) is 6.98. The van der Waals surface area contributed by atoms with E-state index in [1.165, 1.54) is 97.7 Å². The molecular formula is C36H25BO2. The van der Waals surface area contributed by atoms with Crippen LogP contribution in [0.25, 0.3) is 22.3 Å². The fourth-order valence-electron chi connectivity index (χ4n) is 7.34. The summed E-state index contributed by atoms with van der Waals surface area (Å²) in [6, 6.07) is 29.8. The van der Waals surface area contributed by atoms with Crippen molar-refractivity contribution in [1.82, 2.24) is 0 Å². The molecular weight excluding hydrogens is 475 g/mol. The maximum absolute atomic E-state index is 6.78. The van der Waals surface area contributed by atoms with E-state index >= 15 is 0 Å². The minimum absolute atomic E-state index is 0.116. The standard InChI is InChI=1S/C36H25BO2/c1-5-22-15-24(7-3-20(1)22)26-10-13-30-32(17-26)38-34-19-28-9-12-29(28)36-35(34)37(30)31-14-11-27(18-33(31)39-36)25-8-4-21-2-6-23(21)16-25/h3-4,7-8,10-11,13-19H,1-2,5-6,9,12H2. The second-order valence-electron chi connectivity index (χ2n) is 11.9. The van der Waals surface area contributed by atoms with E-state index in [2.05, 4.69) is 78.9 Å². The zero-order chi connectivity index (χ0) is 25.2. The largest absolute Gasteiger partial charge is 0.458 e. The molecule has 0 radical (unpaired) electrons. The Bertz CT molecular complexity index is 1920. The molecule has 0 aromatic heterocycles. The van der Waals surface area contributed by atoms with Crippen LogP contribution in [-0.2, 0) is 38.5 Å². The Morgan fingerprint density at radius 1 is 0.436 bits per heavy atom. The molecule has 3 heteroatoms. The third-order valence-corrected chi connectivity index (χ3v) is 9.90. The van der Waals surface area contributed by atoms with Crippen LogP contribution in [0.1, 0.15) is 33.4 Å². The van der Waals surface area contributed by atoms with Crippen molar-refractivity contribution in [3.05, 3.63) is 112 Å². The van der Waals surface area contributed by atoms with Gasteiger partial charge in [-0.15, -0.1) is 0 Å². The van der Waals surface area contributed by atoms with Crippen LogP contribution in [-0.4, -0.2) is 6.71 Å². The first kappa shape index (κ1) is 20.7. The van der Waals surface area contributed by atoms with E-state index in [4.69, 9.17) is 9.47 Å². The fourth-order valence-corrected chi connectivity index (χ4v) is 7.34. The second-order valence-corrected chi connectivity index (χ2v) is 11.9. The van der Waals surface area contributed by atoms with Crippen LogP contribution in [0, 0.1) is 0 Å². The van der Waals surface area contributed by atoms with Crippen LogP contribution in [0.2, 0.25) is 0 Å². The Labute approximate surface area is 228 Å². The zero-order valence-electron chi connectivity index (χ0n) is 21.6. The molecule has 0 unspecified atom stereocenters. The van der Waals surface area contributed by atoms with Crippen LogP contribution in [0.15, 0.2) is 78.9 Å². The number of hydrogen-bond acceptors (Lipinski definition) is 2. The first-order valence-electron chi connectivity index (χ1n) is 14.3. The van der Waals surface area contributed by atoms with Gasteiger partial charge in [0, 0.05) is 5.46 Å². The minimum Gasteiger partial charge on any atom is -0.458 e. The number of aryl methyl sites for hydroxylation is 5. The first-order valence-corrected chi connectivity index (χ1v) is 14.3. The summed E-state index contributed by atoms with van der Waals surface area (Å²) in [6.45, 7) is 0.116. The van der Waals surface area contributed by atoms with Crippen molar-refractivity contribution in [3.63, 3.8) is 0 Å². The van der Waals surface area contributed by atoms with Crippen molar-refractivity contribution in [2.75, 3.05) is 0 Å². The molecule has 0 bridgehead atoms. The van der Waals surface area contributed by atoms with E-state index in [0.717, 1.165) is 35.8 Å². The van der Waals surface area contributed by atoms with Gasteiger partial charge < -0.3 is 9.47 Å². The SMILES string of the molecule is c1cc2c(cc1-c1ccc3c(c1)Oc1cc4c(c5c1B3c1ccc(-c3ccc6c(c3)CC6)cc1O5)CC4)CC2. The van der Waals surface area contributed by atoms with E-state index < -0.39 is 0 Å². The molecule has 3 aliphatic carbocycles. The van der Waals surface area contributed by atoms with Gasteiger partial charge in [0.05, 0.1) is 0 Å².